The fourth-order valence-corrected chi connectivity index (χ4v) is 1.87. The Kier molecular flexibility index (Phi) is 4.73. The lowest BCUT2D eigenvalue weighted by Crippen LogP contribution is -2.47. The van der Waals surface area contributed by atoms with Gasteiger partial charge >= 0.3 is 0 Å². The molecule has 2 N–H and O–H groups in total. The first kappa shape index (κ1) is 11.5. The Morgan fingerprint density at radius 3 is 2.94 bits per heavy atom. The highest BCUT2D eigenvalue weighted by molar-refractivity contribution is 5.03. The van der Waals surface area contributed by atoms with Crippen molar-refractivity contribution in [1.82, 2.24) is 20.5 Å². The van der Waals surface area contributed by atoms with E-state index in [9.17, 15) is 0 Å². The quantitative estimate of drug-likeness (QED) is 0.689. The van der Waals surface area contributed by atoms with Crippen molar-refractivity contribution in [2.75, 3.05) is 39.4 Å². The summed E-state index contributed by atoms with van der Waals surface area (Å²) < 4.78 is 0. The zero-order chi connectivity index (χ0) is 11.1. The molecule has 0 aromatic carbocycles. The van der Waals surface area contributed by atoms with Gasteiger partial charge in [0.1, 0.15) is 0 Å². The van der Waals surface area contributed by atoms with Gasteiger partial charge in [0.05, 0.1) is 0 Å². The predicted octanol–water partition coefficient (Wildman–Crippen LogP) is 0.0764. The average molecular weight is 220 g/mol. The summed E-state index contributed by atoms with van der Waals surface area (Å²) >= 11 is 0. The maximum atomic E-state index is 4.30. The van der Waals surface area contributed by atoms with Gasteiger partial charge in [-0.3, -0.25) is 9.88 Å². The van der Waals surface area contributed by atoms with Gasteiger partial charge in [-0.05, 0) is 12.1 Å². The molecule has 1 saturated heterocycles. The largest absolute Gasteiger partial charge is 0.314 e. The maximum absolute atomic E-state index is 4.30. The van der Waals surface area contributed by atoms with Crippen LogP contribution in [-0.4, -0.2) is 49.3 Å². The van der Waals surface area contributed by atoms with Gasteiger partial charge in [-0.15, -0.1) is 0 Å². The third-order valence-corrected chi connectivity index (χ3v) is 2.83. The van der Waals surface area contributed by atoms with E-state index >= 15 is 0 Å². The molecule has 0 bridgehead atoms. The van der Waals surface area contributed by atoms with Crippen LogP contribution in [0.4, 0.5) is 0 Å². The zero-order valence-electron chi connectivity index (χ0n) is 9.65. The molecule has 0 amide bonds. The number of nitrogens with one attached hydrogen (secondary N) is 2. The van der Waals surface area contributed by atoms with Gasteiger partial charge in [0.15, 0.2) is 0 Å². The lowest BCUT2D eigenvalue weighted by atomic mass is 10.3. The second-order valence-corrected chi connectivity index (χ2v) is 4.10. The van der Waals surface area contributed by atoms with Gasteiger partial charge in [-0.1, -0.05) is 6.07 Å². The molecule has 1 fully saturated rings. The molecule has 1 aliphatic heterocycles. The Morgan fingerprint density at radius 1 is 1.31 bits per heavy atom. The molecular weight excluding hydrogens is 200 g/mol. The fraction of sp³-hybridized carbons (Fsp3) is 0.583. The number of hydrogen-bond acceptors (Lipinski definition) is 4. The minimum Gasteiger partial charge on any atom is -0.314 e. The first-order chi connectivity index (χ1) is 7.95. The normalized spacial score (nSPS) is 17.5. The molecule has 0 saturated carbocycles. The van der Waals surface area contributed by atoms with Crippen molar-refractivity contribution in [3.05, 3.63) is 30.1 Å². The Balaban J connectivity index is 1.58. The van der Waals surface area contributed by atoms with Gasteiger partial charge in [-0.2, -0.15) is 0 Å². The summed E-state index contributed by atoms with van der Waals surface area (Å²) in [6.07, 6.45) is 2.86. The molecule has 4 nitrogen and oxygen atoms in total. The van der Waals surface area contributed by atoms with E-state index in [1.165, 1.54) is 0 Å². The predicted molar refractivity (Wildman–Crippen MR) is 65.3 cm³/mol. The van der Waals surface area contributed by atoms with Gasteiger partial charge in [-0.25, -0.2) is 0 Å². The number of hydrogen-bond donors (Lipinski definition) is 2. The van der Waals surface area contributed by atoms with Crippen molar-refractivity contribution in [2.45, 2.75) is 6.42 Å². The van der Waals surface area contributed by atoms with Crippen LogP contribution in [0, 0.1) is 0 Å². The average Bonchev–Trinajstić information content (AvgIpc) is 2.37. The number of rotatable bonds is 5. The first-order valence-corrected chi connectivity index (χ1v) is 5.99. The number of nitrogens with zero attached hydrogens (tertiary/aromatic N) is 2. The number of aromatic nitrogens is 1. The van der Waals surface area contributed by atoms with Gasteiger partial charge in [0.2, 0.25) is 0 Å². The summed E-state index contributed by atoms with van der Waals surface area (Å²) in [7, 11) is 0. The van der Waals surface area contributed by atoms with Crippen molar-refractivity contribution in [2.24, 2.45) is 0 Å². The lowest BCUT2D eigenvalue weighted by molar-refractivity contribution is 0.224. The summed E-state index contributed by atoms with van der Waals surface area (Å²) in [6.45, 7) is 6.52. The minimum atomic E-state index is 0.995. The van der Waals surface area contributed by atoms with Crippen LogP contribution in [-0.2, 0) is 6.42 Å². The Hall–Kier alpha value is -0.970. The second kappa shape index (κ2) is 6.58. The Morgan fingerprint density at radius 2 is 2.19 bits per heavy atom. The maximum Gasteiger partial charge on any atom is 0.0481 e. The van der Waals surface area contributed by atoms with E-state index in [4.69, 9.17) is 0 Å². The zero-order valence-corrected chi connectivity index (χ0v) is 9.65. The van der Waals surface area contributed by atoms with E-state index < -0.39 is 0 Å². The first-order valence-electron chi connectivity index (χ1n) is 5.99. The molecule has 4 heteroatoms. The van der Waals surface area contributed by atoms with Crippen molar-refractivity contribution in [3.8, 4) is 0 Å². The van der Waals surface area contributed by atoms with Crippen molar-refractivity contribution in [3.63, 3.8) is 0 Å². The van der Waals surface area contributed by atoms with Crippen LogP contribution in [0.25, 0.3) is 0 Å². The molecule has 2 rings (SSSR count). The molecule has 0 unspecified atom stereocenters. The van der Waals surface area contributed by atoms with Gasteiger partial charge in [0, 0.05) is 57.7 Å². The van der Waals surface area contributed by atoms with E-state index in [0.29, 0.717) is 0 Å². The lowest BCUT2D eigenvalue weighted by Gasteiger charge is -2.27. The minimum absolute atomic E-state index is 0.995. The third-order valence-electron chi connectivity index (χ3n) is 2.83. The molecule has 0 aliphatic carbocycles. The van der Waals surface area contributed by atoms with Crippen LogP contribution in [0.5, 0.6) is 0 Å². The fourth-order valence-electron chi connectivity index (χ4n) is 1.87. The molecule has 16 heavy (non-hydrogen) atoms. The van der Waals surface area contributed by atoms with Crippen molar-refractivity contribution in [1.29, 1.82) is 0 Å². The van der Waals surface area contributed by atoms with E-state index in [1.54, 1.807) is 0 Å². The summed E-state index contributed by atoms with van der Waals surface area (Å²) in [6, 6.07) is 6.07. The number of piperazine rings is 1. The molecule has 1 aliphatic rings. The summed E-state index contributed by atoms with van der Waals surface area (Å²) in [5.74, 6) is 0. The van der Waals surface area contributed by atoms with Crippen LogP contribution in [0.2, 0.25) is 0 Å². The monoisotopic (exact) mass is 220 g/mol. The van der Waals surface area contributed by atoms with Crippen LogP contribution in [0.1, 0.15) is 5.69 Å². The molecule has 0 spiro atoms. The Labute approximate surface area is 97.1 Å². The molecule has 2 heterocycles. The molecule has 88 valence electrons. The highest BCUT2D eigenvalue weighted by atomic mass is 15.2. The van der Waals surface area contributed by atoms with Crippen molar-refractivity contribution >= 4 is 0 Å². The molecule has 0 radical (unpaired) electrons. The summed E-state index contributed by atoms with van der Waals surface area (Å²) in [5.41, 5.74) is 1.16. The highest BCUT2D eigenvalue weighted by Crippen LogP contribution is 1.93. The Bertz CT molecular complexity index is 282. The van der Waals surface area contributed by atoms with Crippen LogP contribution < -0.4 is 10.6 Å². The smallest absolute Gasteiger partial charge is 0.0481 e. The highest BCUT2D eigenvalue weighted by Gasteiger charge is 2.07. The van der Waals surface area contributed by atoms with E-state index in [0.717, 1.165) is 51.5 Å². The third kappa shape index (κ3) is 3.89. The SMILES string of the molecule is c1ccc(CCNCN2CCNCC2)nc1. The summed E-state index contributed by atoms with van der Waals surface area (Å²) in [5, 5.41) is 6.81. The van der Waals surface area contributed by atoms with Gasteiger partial charge < -0.3 is 10.6 Å². The van der Waals surface area contributed by atoms with E-state index in [-0.39, 0.29) is 0 Å². The van der Waals surface area contributed by atoms with E-state index in [2.05, 4.69) is 26.6 Å². The number of pyridine rings is 1. The molecule has 1 aromatic heterocycles. The van der Waals surface area contributed by atoms with Crippen LogP contribution in [0.15, 0.2) is 24.4 Å². The molecule has 1 aromatic rings. The van der Waals surface area contributed by atoms with Crippen molar-refractivity contribution < 1.29 is 0 Å². The summed E-state index contributed by atoms with van der Waals surface area (Å²) in [4.78, 5) is 6.74. The topological polar surface area (TPSA) is 40.2 Å². The van der Waals surface area contributed by atoms with Crippen LogP contribution in [0.3, 0.4) is 0 Å². The standard InChI is InChI=1S/C12H20N4/c1-2-5-15-12(3-1)4-6-14-11-16-9-7-13-8-10-16/h1-3,5,13-14H,4,6-11H2. The van der Waals surface area contributed by atoms with Gasteiger partial charge in [0.25, 0.3) is 0 Å². The molecular formula is C12H20N4. The van der Waals surface area contributed by atoms with Crippen LogP contribution >= 0.6 is 0 Å². The van der Waals surface area contributed by atoms with E-state index in [1.807, 2.05) is 18.3 Å². The molecule has 0 atom stereocenters. The second-order valence-electron chi connectivity index (χ2n) is 4.10.